The molecule has 3 heterocycles. The molecule has 280 valence electrons. The minimum atomic E-state index is -0.993. The number of likely N-dealkylation sites (tertiary alicyclic amines) is 1. The molecule has 1 aromatic heterocycles. The summed E-state index contributed by atoms with van der Waals surface area (Å²) < 4.78 is 12.5. The first kappa shape index (κ1) is 36.6. The molecule has 6 rings (SSSR count). The van der Waals surface area contributed by atoms with Crippen LogP contribution in [-0.2, 0) is 23.9 Å². The molecular weight excluding hydrogens is 672 g/mol. The number of carbonyl (C=O) groups excluding carboxylic acids is 6. The number of rotatable bonds is 14. The molecule has 1 aromatic carbocycles. The number of nitrogens with one attached hydrogen (secondary N) is 3. The molecule has 16 nitrogen and oxygen atoms in total. The summed E-state index contributed by atoms with van der Waals surface area (Å²) in [6.45, 7) is 3.33. The summed E-state index contributed by atoms with van der Waals surface area (Å²) in [5, 5.41) is 13.2. The second kappa shape index (κ2) is 16.9. The first-order valence-corrected chi connectivity index (χ1v) is 18.4. The van der Waals surface area contributed by atoms with Crippen molar-refractivity contribution < 1.29 is 38.2 Å². The maximum Gasteiger partial charge on any atom is 0.409 e. The summed E-state index contributed by atoms with van der Waals surface area (Å²) in [7, 11) is 0. The highest BCUT2D eigenvalue weighted by molar-refractivity contribution is 5.96. The van der Waals surface area contributed by atoms with Gasteiger partial charge in [0, 0.05) is 57.3 Å². The average molecular weight is 721 g/mol. The SMILES string of the molecule is CCOC(=O)N1CCN(C(=O)[C@H](CCNC(=O)C2CC2)NC(=O)c2cc(OCC(=O)N3CCC[C@H]3C(=O)NC3CCC3)n(-c3ccccc3)n2)CC1. The van der Waals surface area contributed by atoms with Gasteiger partial charge in [0.1, 0.15) is 12.1 Å². The molecular formula is C36H48N8O8. The van der Waals surface area contributed by atoms with Gasteiger partial charge in [-0.15, -0.1) is 0 Å². The normalized spacial score (nSPS) is 19.3. The van der Waals surface area contributed by atoms with Crippen molar-refractivity contribution in [3.63, 3.8) is 0 Å². The van der Waals surface area contributed by atoms with Gasteiger partial charge in [-0.25, -0.2) is 9.48 Å². The predicted molar refractivity (Wildman–Crippen MR) is 186 cm³/mol. The van der Waals surface area contributed by atoms with Crippen LogP contribution < -0.4 is 20.7 Å². The molecule has 6 amide bonds. The zero-order chi connectivity index (χ0) is 36.6. The molecule has 2 aliphatic heterocycles. The maximum atomic E-state index is 13.8. The van der Waals surface area contributed by atoms with Gasteiger partial charge in [-0.3, -0.25) is 24.0 Å². The van der Waals surface area contributed by atoms with E-state index >= 15 is 0 Å². The largest absolute Gasteiger partial charge is 0.467 e. The second-order valence-corrected chi connectivity index (χ2v) is 13.7. The van der Waals surface area contributed by atoms with E-state index in [1.54, 1.807) is 41.0 Å². The van der Waals surface area contributed by atoms with Crippen molar-refractivity contribution in [3.8, 4) is 11.6 Å². The van der Waals surface area contributed by atoms with E-state index in [4.69, 9.17) is 9.47 Å². The van der Waals surface area contributed by atoms with Gasteiger partial charge in [-0.05, 0) is 70.4 Å². The first-order valence-electron chi connectivity index (χ1n) is 18.4. The molecule has 16 heteroatoms. The van der Waals surface area contributed by atoms with Crippen LogP contribution in [0.3, 0.4) is 0 Å². The number of hydrogen-bond donors (Lipinski definition) is 3. The van der Waals surface area contributed by atoms with Crippen molar-refractivity contribution in [2.45, 2.75) is 76.4 Å². The first-order chi connectivity index (χ1) is 25.2. The van der Waals surface area contributed by atoms with Crippen LogP contribution in [0.2, 0.25) is 0 Å². The van der Waals surface area contributed by atoms with E-state index in [1.807, 2.05) is 6.07 Å². The smallest absolute Gasteiger partial charge is 0.409 e. The minimum Gasteiger partial charge on any atom is -0.467 e. The van der Waals surface area contributed by atoms with Gasteiger partial charge >= 0.3 is 6.09 Å². The Kier molecular flexibility index (Phi) is 11.9. The van der Waals surface area contributed by atoms with Crippen LogP contribution in [0.15, 0.2) is 36.4 Å². The van der Waals surface area contributed by atoms with E-state index in [-0.39, 0.29) is 99.5 Å². The Labute approximate surface area is 302 Å². The number of nitrogens with zero attached hydrogens (tertiary/aromatic N) is 5. The van der Waals surface area contributed by atoms with E-state index in [2.05, 4.69) is 21.0 Å². The van der Waals surface area contributed by atoms with Crippen LogP contribution in [0, 0.1) is 5.92 Å². The summed E-state index contributed by atoms with van der Waals surface area (Å²) in [5.41, 5.74) is 0.537. The van der Waals surface area contributed by atoms with Gasteiger partial charge in [0.05, 0.1) is 12.3 Å². The van der Waals surface area contributed by atoms with Crippen molar-refractivity contribution in [2.75, 3.05) is 52.5 Å². The van der Waals surface area contributed by atoms with Gasteiger partial charge in [0.25, 0.3) is 11.8 Å². The topological polar surface area (TPSA) is 185 Å². The molecule has 2 atom stereocenters. The van der Waals surface area contributed by atoms with Crippen LogP contribution in [0.25, 0.3) is 5.69 Å². The third-order valence-electron chi connectivity index (χ3n) is 9.98. The van der Waals surface area contributed by atoms with E-state index in [1.165, 1.54) is 15.6 Å². The zero-order valence-corrected chi connectivity index (χ0v) is 29.6. The Morgan fingerprint density at radius 2 is 1.62 bits per heavy atom. The molecule has 52 heavy (non-hydrogen) atoms. The monoisotopic (exact) mass is 720 g/mol. The van der Waals surface area contributed by atoms with E-state index in [9.17, 15) is 28.8 Å². The Balaban J connectivity index is 1.14. The highest BCUT2D eigenvalue weighted by Crippen LogP contribution is 2.29. The average Bonchev–Trinajstić information content (AvgIpc) is 3.72. The van der Waals surface area contributed by atoms with Crippen LogP contribution >= 0.6 is 0 Å². The van der Waals surface area contributed by atoms with Gasteiger partial charge in [-0.1, -0.05) is 18.2 Å². The number of piperazine rings is 1. The summed E-state index contributed by atoms with van der Waals surface area (Å²) in [4.78, 5) is 83.0. The van der Waals surface area contributed by atoms with Gasteiger partial charge in [-0.2, -0.15) is 5.10 Å². The molecule has 0 spiro atoms. The Morgan fingerprint density at radius 3 is 2.29 bits per heavy atom. The van der Waals surface area contributed by atoms with E-state index in [0.29, 0.717) is 25.1 Å². The molecule has 0 radical (unpaired) electrons. The predicted octanol–water partition coefficient (Wildman–Crippen LogP) is 1.23. The van der Waals surface area contributed by atoms with E-state index in [0.717, 1.165) is 32.1 Å². The highest BCUT2D eigenvalue weighted by atomic mass is 16.6. The highest BCUT2D eigenvalue weighted by Gasteiger charge is 2.36. The molecule has 4 aliphatic rings. The summed E-state index contributed by atoms with van der Waals surface area (Å²) in [5.74, 6) is -1.42. The summed E-state index contributed by atoms with van der Waals surface area (Å²) >= 11 is 0. The molecule has 4 fully saturated rings. The second-order valence-electron chi connectivity index (χ2n) is 13.7. The summed E-state index contributed by atoms with van der Waals surface area (Å²) in [6.07, 6.45) is 5.67. The maximum absolute atomic E-state index is 13.8. The minimum absolute atomic E-state index is 0.00668. The van der Waals surface area contributed by atoms with Gasteiger partial charge in [0.2, 0.25) is 23.6 Å². The number of aromatic nitrogens is 2. The number of amides is 6. The molecule has 0 bridgehead atoms. The van der Waals surface area contributed by atoms with Crippen LogP contribution in [0.4, 0.5) is 4.79 Å². The van der Waals surface area contributed by atoms with Crippen molar-refractivity contribution >= 4 is 35.6 Å². The Morgan fingerprint density at radius 1 is 0.885 bits per heavy atom. The van der Waals surface area contributed by atoms with Gasteiger partial charge < -0.3 is 40.1 Å². The Bertz CT molecular complexity index is 1620. The molecule has 0 unspecified atom stereocenters. The number of benzene rings is 1. The molecule has 2 aromatic rings. The third kappa shape index (κ3) is 9.01. The van der Waals surface area contributed by atoms with Crippen LogP contribution in [0.1, 0.15) is 68.8 Å². The lowest BCUT2D eigenvalue weighted by Crippen LogP contribution is -2.56. The lowest BCUT2D eigenvalue weighted by molar-refractivity contribution is -0.140. The van der Waals surface area contributed by atoms with Crippen LogP contribution in [0.5, 0.6) is 5.88 Å². The summed E-state index contributed by atoms with van der Waals surface area (Å²) in [6, 6.07) is 9.02. The molecule has 2 aliphatic carbocycles. The van der Waals surface area contributed by atoms with Crippen molar-refractivity contribution in [3.05, 3.63) is 42.1 Å². The molecule has 2 saturated carbocycles. The number of hydrogen-bond acceptors (Lipinski definition) is 9. The number of ether oxygens (including phenoxy) is 2. The van der Waals surface area contributed by atoms with Gasteiger partial charge in [0.15, 0.2) is 12.3 Å². The standard InChI is InChI=1S/C36H48N8O8/c1-2-51-36(50)42-20-18-41(19-21-42)35(49)27(15-16-37-32(46)24-13-14-24)39-33(47)28-22-31(44(40-28)26-10-4-3-5-11-26)52-23-30(45)43-17-7-12-29(43)34(48)38-25-8-6-9-25/h3-5,10-11,22,24-25,27,29H,2,6-9,12-21,23H2,1H3,(H,37,46)(H,38,48)(H,39,47)/t27-,29-/m0/s1. The number of carbonyl (C=O) groups is 6. The quantitative estimate of drug-likeness (QED) is 0.258. The fourth-order valence-corrected chi connectivity index (χ4v) is 6.60. The van der Waals surface area contributed by atoms with Crippen molar-refractivity contribution in [2.24, 2.45) is 5.92 Å². The van der Waals surface area contributed by atoms with E-state index < -0.39 is 24.1 Å². The fraction of sp³-hybridized carbons (Fsp3) is 0.583. The lowest BCUT2D eigenvalue weighted by Gasteiger charge is -2.36. The lowest BCUT2D eigenvalue weighted by atomic mass is 9.93. The Hall–Kier alpha value is -5.15. The molecule has 2 saturated heterocycles. The van der Waals surface area contributed by atoms with Crippen molar-refractivity contribution in [1.29, 1.82) is 0 Å². The third-order valence-corrected chi connectivity index (χ3v) is 9.98. The van der Waals surface area contributed by atoms with Crippen molar-refractivity contribution in [1.82, 2.24) is 40.4 Å². The van der Waals surface area contributed by atoms with Crippen LogP contribution in [-0.4, -0.2) is 131 Å². The fourth-order valence-electron chi connectivity index (χ4n) is 6.60. The molecule has 3 N–H and O–H groups in total. The number of para-hydroxylation sites is 1. The zero-order valence-electron chi connectivity index (χ0n) is 29.6.